The van der Waals surface area contributed by atoms with Gasteiger partial charge in [-0.2, -0.15) is 4.31 Å². The molecule has 1 atom stereocenters. The summed E-state index contributed by atoms with van der Waals surface area (Å²) < 4.78 is 37.0. The van der Waals surface area contributed by atoms with Gasteiger partial charge in [-0.1, -0.05) is 5.92 Å². The lowest BCUT2D eigenvalue weighted by Gasteiger charge is -2.19. The van der Waals surface area contributed by atoms with Crippen LogP contribution in [0.2, 0.25) is 0 Å². The Balaban J connectivity index is 2.22. The maximum Gasteiger partial charge on any atom is 0.244 e. The van der Waals surface area contributed by atoms with Crippen LogP contribution >= 0.6 is 0 Å². The third-order valence-corrected chi connectivity index (χ3v) is 5.32. The van der Waals surface area contributed by atoms with Gasteiger partial charge in [-0.25, -0.2) is 8.42 Å². The number of methoxy groups -OCH3 is 1. The fraction of sp³-hybridized carbons (Fsp3) is 0.467. The van der Waals surface area contributed by atoms with Gasteiger partial charge in [-0.05, 0) is 38.1 Å². The number of sulfonamides is 1. The average Bonchev–Trinajstić information content (AvgIpc) is 3.05. The van der Waals surface area contributed by atoms with Gasteiger partial charge < -0.3 is 9.47 Å². The van der Waals surface area contributed by atoms with E-state index >= 15 is 0 Å². The molecule has 1 aromatic rings. The van der Waals surface area contributed by atoms with Crippen molar-refractivity contribution in [3.63, 3.8) is 0 Å². The van der Waals surface area contributed by atoms with Gasteiger partial charge in [0.25, 0.3) is 0 Å². The molecule has 114 valence electrons. The van der Waals surface area contributed by atoms with Crippen LogP contribution < -0.4 is 4.74 Å². The van der Waals surface area contributed by atoms with E-state index in [9.17, 15) is 8.42 Å². The van der Waals surface area contributed by atoms with Crippen molar-refractivity contribution in [2.75, 3.05) is 20.2 Å². The second kappa shape index (κ2) is 5.68. The Bertz CT molecular complexity index is 643. The normalized spacial score (nSPS) is 20.0. The predicted octanol–water partition coefficient (Wildman–Crippen LogP) is 1.50. The summed E-state index contributed by atoms with van der Waals surface area (Å²) in [4.78, 5) is 0.192. The van der Waals surface area contributed by atoms with Crippen molar-refractivity contribution in [1.82, 2.24) is 4.31 Å². The molecule has 0 aliphatic carbocycles. The van der Waals surface area contributed by atoms with Crippen LogP contribution in [-0.2, 0) is 14.8 Å². The van der Waals surface area contributed by atoms with Crippen LogP contribution in [0, 0.1) is 12.3 Å². The minimum absolute atomic E-state index is 0.0182. The fourth-order valence-electron chi connectivity index (χ4n) is 2.02. The summed E-state index contributed by atoms with van der Waals surface area (Å²) in [5.41, 5.74) is -0.289. The molecular weight excluding hydrogens is 290 g/mol. The topological polar surface area (TPSA) is 59.1 Å². The number of nitrogens with zero attached hydrogens (tertiary/aromatic N) is 1. The van der Waals surface area contributed by atoms with Crippen molar-refractivity contribution in [2.45, 2.75) is 30.4 Å². The van der Waals surface area contributed by atoms with E-state index in [1.807, 2.05) is 13.8 Å². The zero-order chi connectivity index (χ0) is 15.7. The number of benzene rings is 1. The maximum atomic E-state index is 12.6. The molecule has 2 rings (SSSR count). The molecule has 0 bridgehead atoms. The van der Waals surface area contributed by atoms with E-state index in [4.69, 9.17) is 15.9 Å². The van der Waals surface area contributed by atoms with Crippen LogP contribution in [-0.4, -0.2) is 44.6 Å². The smallest absolute Gasteiger partial charge is 0.244 e. The molecule has 6 heteroatoms. The maximum absolute atomic E-state index is 12.6. The molecule has 1 heterocycles. The highest BCUT2D eigenvalue weighted by Gasteiger charge is 2.49. The lowest BCUT2D eigenvalue weighted by molar-refractivity contribution is 0.306. The zero-order valence-electron chi connectivity index (χ0n) is 12.4. The molecule has 5 nitrogen and oxygen atoms in total. The van der Waals surface area contributed by atoms with Crippen molar-refractivity contribution >= 4 is 10.0 Å². The van der Waals surface area contributed by atoms with Crippen molar-refractivity contribution in [1.29, 1.82) is 0 Å². The van der Waals surface area contributed by atoms with Crippen LogP contribution in [0.1, 0.15) is 13.8 Å². The first-order chi connectivity index (χ1) is 9.81. The van der Waals surface area contributed by atoms with Crippen LogP contribution in [0.5, 0.6) is 5.75 Å². The summed E-state index contributed by atoms with van der Waals surface area (Å²) >= 11 is 0. The molecule has 1 unspecified atom stereocenters. The fourth-order valence-corrected chi connectivity index (χ4v) is 3.38. The molecule has 1 aliphatic rings. The largest absolute Gasteiger partial charge is 0.497 e. The van der Waals surface area contributed by atoms with Gasteiger partial charge in [0.2, 0.25) is 10.0 Å². The van der Waals surface area contributed by atoms with E-state index in [2.05, 4.69) is 5.92 Å². The van der Waals surface area contributed by atoms with Crippen molar-refractivity contribution in [3.8, 4) is 18.1 Å². The van der Waals surface area contributed by atoms with E-state index < -0.39 is 10.0 Å². The Morgan fingerprint density at radius 3 is 2.38 bits per heavy atom. The quantitative estimate of drug-likeness (QED) is 0.590. The van der Waals surface area contributed by atoms with Crippen LogP contribution in [0.3, 0.4) is 0 Å². The SMILES string of the molecule is C#CCN(CC1OC1(C)C)S(=O)(=O)c1ccc(OC)cc1. The molecule has 0 N–H and O–H groups in total. The first-order valence-corrected chi connectivity index (χ1v) is 8.01. The summed E-state index contributed by atoms with van der Waals surface area (Å²) in [5, 5.41) is 0. The Kier molecular flexibility index (Phi) is 4.28. The number of hydrogen-bond acceptors (Lipinski definition) is 4. The number of hydrogen-bond donors (Lipinski definition) is 0. The van der Waals surface area contributed by atoms with Gasteiger partial charge in [0.05, 0.1) is 24.2 Å². The zero-order valence-corrected chi connectivity index (χ0v) is 13.2. The molecule has 0 aromatic heterocycles. The van der Waals surface area contributed by atoms with E-state index in [1.165, 1.54) is 23.5 Å². The highest BCUT2D eigenvalue weighted by molar-refractivity contribution is 7.89. The summed E-state index contributed by atoms with van der Waals surface area (Å²) in [6, 6.07) is 6.24. The number of terminal acetylenes is 1. The molecule has 21 heavy (non-hydrogen) atoms. The lowest BCUT2D eigenvalue weighted by Crippen LogP contribution is -2.35. The first-order valence-electron chi connectivity index (χ1n) is 6.57. The summed E-state index contributed by atoms with van der Waals surface area (Å²) in [6.45, 7) is 4.12. The van der Waals surface area contributed by atoms with Gasteiger partial charge in [-0.15, -0.1) is 6.42 Å². The summed E-state index contributed by atoms with van der Waals surface area (Å²) in [6.07, 6.45) is 5.17. The van der Waals surface area contributed by atoms with Gasteiger partial charge in [0.1, 0.15) is 11.9 Å². The molecule has 0 amide bonds. The molecule has 0 spiro atoms. The first kappa shape index (κ1) is 15.8. The van der Waals surface area contributed by atoms with Crippen LogP contribution in [0.15, 0.2) is 29.2 Å². The van der Waals surface area contributed by atoms with E-state index in [0.29, 0.717) is 5.75 Å². The van der Waals surface area contributed by atoms with Crippen molar-refractivity contribution in [3.05, 3.63) is 24.3 Å². The number of epoxide rings is 1. The Labute approximate surface area is 125 Å². The van der Waals surface area contributed by atoms with E-state index in [0.717, 1.165) is 0 Å². The Morgan fingerprint density at radius 2 is 1.95 bits per heavy atom. The Hall–Kier alpha value is -1.55. The highest BCUT2D eigenvalue weighted by atomic mass is 32.2. The second-order valence-corrected chi connectivity index (χ2v) is 7.33. The van der Waals surface area contributed by atoms with Crippen LogP contribution in [0.4, 0.5) is 0 Å². The molecule has 1 saturated heterocycles. The van der Waals surface area contributed by atoms with Crippen molar-refractivity contribution in [2.24, 2.45) is 0 Å². The molecule has 1 fully saturated rings. The van der Waals surface area contributed by atoms with Gasteiger partial charge in [0.15, 0.2) is 0 Å². The lowest BCUT2D eigenvalue weighted by atomic mass is 10.1. The van der Waals surface area contributed by atoms with Gasteiger partial charge in [0, 0.05) is 6.54 Å². The minimum Gasteiger partial charge on any atom is -0.497 e. The average molecular weight is 309 g/mol. The van der Waals surface area contributed by atoms with Gasteiger partial charge in [-0.3, -0.25) is 0 Å². The number of ether oxygens (including phenoxy) is 2. The van der Waals surface area contributed by atoms with Crippen LogP contribution in [0.25, 0.3) is 0 Å². The van der Waals surface area contributed by atoms with Crippen molar-refractivity contribution < 1.29 is 17.9 Å². The minimum atomic E-state index is -3.64. The molecule has 0 saturated carbocycles. The highest BCUT2D eigenvalue weighted by Crippen LogP contribution is 2.36. The number of rotatable bonds is 6. The second-order valence-electron chi connectivity index (χ2n) is 5.39. The summed E-state index contributed by atoms with van der Waals surface area (Å²) in [5.74, 6) is 2.99. The standard InChI is InChI=1S/C15H19NO4S/c1-5-10-16(11-14-15(2,3)20-14)21(17,18)13-8-6-12(19-4)7-9-13/h1,6-9,14H,10-11H2,2-4H3. The molecule has 1 aromatic carbocycles. The molecule has 1 aliphatic heterocycles. The van der Waals surface area contributed by atoms with E-state index in [1.54, 1.807) is 12.1 Å². The van der Waals surface area contributed by atoms with E-state index in [-0.39, 0.29) is 29.7 Å². The third-order valence-electron chi connectivity index (χ3n) is 3.50. The third kappa shape index (κ3) is 3.38. The summed E-state index contributed by atoms with van der Waals surface area (Å²) in [7, 11) is -2.11. The van der Waals surface area contributed by atoms with Gasteiger partial charge >= 0.3 is 0 Å². The monoisotopic (exact) mass is 309 g/mol. The molecular formula is C15H19NO4S. The molecule has 0 radical (unpaired) electrons. The predicted molar refractivity (Wildman–Crippen MR) is 79.5 cm³/mol. The Morgan fingerprint density at radius 1 is 1.38 bits per heavy atom.